The van der Waals surface area contributed by atoms with Crippen LogP contribution in [0, 0.1) is 0 Å². The fourth-order valence-corrected chi connectivity index (χ4v) is 2.53. The van der Waals surface area contributed by atoms with Crippen molar-refractivity contribution in [2.24, 2.45) is 5.73 Å². The van der Waals surface area contributed by atoms with Gasteiger partial charge in [-0.05, 0) is 18.6 Å². The first-order valence-corrected chi connectivity index (χ1v) is 6.43. The molecule has 1 aliphatic rings. The Morgan fingerprint density at radius 1 is 1.19 bits per heavy atom. The second kappa shape index (κ2) is 5.69. The van der Waals surface area contributed by atoms with Gasteiger partial charge in [0.15, 0.2) is 0 Å². The molecule has 1 aromatic heterocycles. The van der Waals surface area contributed by atoms with Gasteiger partial charge in [0.1, 0.15) is 5.82 Å². The molecule has 0 saturated carbocycles. The topological polar surface area (TPSA) is 43.8 Å². The Morgan fingerprint density at radius 2 is 1.86 bits per heavy atom. The maximum absolute atomic E-state index is 12.5. The van der Waals surface area contributed by atoms with Crippen LogP contribution in [-0.4, -0.2) is 15.6 Å². The Labute approximate surface area is 126 Å². The monoisotopic (exact) mass is 317 g/mol. The van der Waals surface area contributed by atoms with Gasteiger partial charge in [-0.1, -0.05) is 12.1 Å². The molecule has 0 amide bonds. The molecule has 1 aliphatic heterocycles. The van der Waals surface area contributed by atoms with Crippen molar-refractivity contribution in [2.45, 2.75) is 31.6 Å². The van der Waals surface area contributed by atoms with Crippen LogP contribution in [0.2, 0.25) is 0 Å². The molecule has 7 heteroatoms. The minimum atomic E-state index is -4.31. The summed E-state index contributed by atoms with van der Waals surface area (Å²) in [7, 11) is 0. The van der Waals surface area contributed by atoms with E-state index in [-0.39, 0.29) is 18.4 Å². The van der Waals surface area contributed by atoms with E-state index in [1.807, 2.05) is 4.57 Å². The predicted molar refractivity (Wildman–Crippen MR) is 76.2 cm³/mol. The zero-order chi connectivity index (χ0) is 14.3. The Hall–Kier alpha value is -1.53. The van der Waals surface area contributed by atoms with E-state index < -0.39 is 11.7 Å². The number of nitrogens with zero attached hydrogens (tertiary/aromatic N) is 2. The van der Waals surface area contributed by atoms with Crippen molar-refractivity contribution in [1.29, 1.82) is 0 Å². The van der Waals surface area contributed by atoms with Gasteiger partial charge in [0, 0.05) is 36.5 Å². The maximum Gasteiger partial charge on any atom is 0.416 e. The molecule has 0 fully saturated rings. The number of benzene rings is 1. The standard InChI is InChI=1S/C14H14F3N3.ClH/c15-14(16,17)10-3-1-9(2-4-10)13-19-8-12-7-11(18)5-6-20(12)13;/h1-4,8,11H,5-7,18H2;1H. The van der Waals surface area contributed by atoms with E-state index in [2.05, 4.69) is 4.98 Å². The second-order valence-corrected chi connectivity index (χ2v) is 5.05. The lowest BCUT2D eigenvalue weighted by molar-refractivity contribution is -0.137. The van der Waals surface area contributed by atoms with Crippen LogP contribution in [-0.2, 0) is 19.1 Å². The summed E-state index contributed by atoms with van der Waals surface area (Å²) < 4.78 is 39.7. The highest BCUT2D eigenvalue weighted by atomic mass is 35.5. The molecule has 2 N–H and O–H groups in total. The summed E-state index contributed by atoms with van der Waals surface area (Å²) in [6, 6.07) is 5.25. The van der Waals surface area contributed by atoms with E-state index in [0.717, 1.165) is 37.2 Å². The molecule has 21 heavy (non-hydrogen) atoms. The third-order valence-electron chi connectivity index (χ3n) is 3.60. The normalized spacial score (nSPS) is 18.0. The molecule has 1 atom stereocenters. The number of aromatic nitrogens is 2. The number of imidazole rings is 1. The summed E-state index contributed by atoms with van der Waals surface area (Å²) in [5.41, 5.74) is 6.99. The molecular weight excluding hydrogens is 303 g/mol. The molecule has 1 unspecified atom stereocenters. The summed E-state index contributed by atoms with van der Waals surface area (Å²) in [4.78, 5) is 4.32. The van der Waals surface area contributed by atoms with E-state index in [4.69, 9.17) is 5.73 Å². The largest absolute Gasteiger partial charge is 0.416 e. The smallest absolute Gasteiger partial charge is 0.328 e. The van der Waals surface area contributed by atoms with Gasteiger partial charge in [-0.2, -0.15) is 13.2 Å². The number of fused-ring (bicyclic) bond motifs is 1. The lowest BCUT2D eigenvalue weighted by Crippen LogP contribution is -2.30. The first kappa shape index (κ1) is 15.9. The fourth-order valence-electron chi connectivity index (χ4n) is 2.53. The summed E-state index contributed by atoms with van der Waals surface area (Å²) in [6.45, 7) is 0.757. The zero-order valence-corrected chi connectivity index (χ0v) is 11.9. The van der Waals surface area contributed by atoms with Crippen molar-refractivity contribution in [2.75, 3.05) is 0 Å². The van der Waals surface area contributed by atoms with E-state index in [0.29, 0.717) is 11.4 Å². The van der Waals surface area contributed by atoms with E-state index in [1.54, 1.807) is 6.20 Å². The van der Waals surface area contributed by atoms with E-state index in [1.165, 1.54) is 12.1 Å². The molecule has 0 radical (unpaired) electrons. The molecule has 0 saturated heterocycles. The van der Waals surface area contributed by atoms with Crippen LogP contribution in [0.25, 0.3) is 11.4 Å². The lowest BCUT2D eigenvalue weighted by Gasteiger charge is -2.21. The Balaban J connectivity index is 0.00000161. The van der Waals surface area contributed by atoms with Crippen LogP contribution in [0.5, 0.6) is 0 Å². The number of alkyl halides is 3. The van der Waals surface area contributed by atoms with Gasteiger partial charge in [-0.25, -0.2) is 4.98 Å². The number of hydrogen-bond donors (Lipinski definition) is 1. The quantitative estimate of drug-likeness (QED) is 0.877. The summed E-state index contributed by atoms with van der Waals surface area (Å²) in [5, 5.41) is 0. The molecule has 0 spiro atoms. The van der Waals surface area contributed by atoms with Crippen molar-refractivity contribution < 1.29 is 13.2 Å². The molecule has 1 aromatic carbocycles. The first-order valence-electron chi connectivity index (χ1n) is 6.43. The number of hydrogen-bond acceptors (Lipinski definition) is 2. The van der Waals surface area contributed by atoms with Crippen molar-refractivity contribution in [1.82, 2.24) is 9.55 Å². The van der Waals surface area contributed by atoms with Gasteiger partial charge in [-0.15, -0.1) is 12.4 Å². The average molecular weight is 318 g/mol. The highest BCUT2D eigenvalue weighted by Gasteiger charge is 2.30. The minimum absolute atomic E-state index is 0. The fraction of sp³-hybridized carbons (Fsp3) is 0.357. The van der Waals surface area contributed by atoms with Gasteiger partial charge in [0.2, 0.25) is 0 Å². The van der Waals surface area contributed by atoms with E-state index >= 15 is 0 Å². The van der Waals surface area contributed by atoms with E-state index in [9.17, 15) is 13.2 Å². The SMILES string of the molecule is Cl.NC1CCn2c(cnc2-c2ccc(C(F)(F)F)cc2)C1. The molecular formula is C14H15ClF3N3. The van der Waals surface area contributed by atoms with Crippen molar-refractivity contribution in [3.05, 3.63) is 41.7 Å². The summed E-state index contributed by atoms with van der Waals surface area (Å²) in [6.07, 6.45) is -0.937. The van der Waals surface area contributed by atoms with Gasteiger partial charge in [0.05, 0.1) is 5.56 Å². The molecule has 2 aromatic rings. The Morgan fingerprint density at radius 3 is 2.48 bits per heavy atom. The third kappa shape index (κ3) is 3.06. The maximum atomic E-state index is 12.5. The Kier molecular flexibility index (Phi) is 4.30. The first-order chi connectivity index (χ1) is 9.45. The van der Waals surface area contributed by atoms with Gasteiger partial charge >= 0.3 is 6.18 Å². The zero-order valence-electron chi connectivity index (χ0n) is 11.1. The minimum Gasteiger partial charge on any atom is -0.328 e. The molecule has 0 aliphatic carbocycles. The van der Waals surface area contributed by atoms with Gasteiger partial charge in [-0.3, -0.25) is 0 Å². The number of nitrogens with two attached hydrogens (primary N) is 1. The van der Waals surface area contributed by atoms with Crippen LogP contribution < -0.4 is 5.73 Å². The molecule has 3 rings (SSSR count). The highest BCUT2D eigenvalue weighted by molar-refractivity contribution is 5.85. The summed E-state index contributed by atoms with van der Waals surface area (Å²) >= 11 is 0. The third-order valence-corrected chi connectivity index (χ3v) is 3.60. The Bertz CT molecular complexity index is 619. The molecule has 0 bridgehead atoms. The lowest BCUT2D eigenvalue weighted by atomic mass is 10.1. The van der Waals surface area contributed by atoms with Crippen LogP contribution in [0.1, 0.15) is 17.7 Å². The highest BCUT2D eigenvalue weighted by Crippen LogP contribution is 2.31. The number of halogens is 4. The summed E-state index contributed by atoms with van der Waals surface area (Å²) in [5.74, 6) is 0.709. The van der Waals surface area contributed by atoms with Crippen LogP contribution >= 0.6 is 12.4 Å². The van der Waals surface area contributed by atoms with Crippen LogP contribution in [0.3, 0.4) is 0 Å². The molecule has 2 heterocycles. The second-order valence-electron chi connectivity index (χ2n) is 5.05. The van der Waals surface area contributed by atoms with Crippen molar-refractivity contribution in [3.8, 4) is 11.4 Å². The van der Waals surface area contributed by atoms with Crippen LogP contribution in [0.4, 0.5) is 13.2 Å². The van der Waals surface area contributed by atoms with Gasteiger partial charge in [0.25, 0.3) is 0 Å². The molecule has 3 nitrogen and oxygen atoms in total. The van der Waals surface area contributed by atoms with Gasteiger partial charge < -0.3 is 10.3 Å². The molecule has 114 valence electrons. The van der Waals surface area contributed by atoms with Crippen molar-refractivity contribution >= 4 is 12.4 Å². The average Bonchev–Trinajstić information content (AvgIpc) is 2.80. The van der Waals surface area contributed by atoms with Crippen molar-refractivity contribution in [3.63, 3.8) is 0 Å². The predicted octanol–water partition coefficient (Wildman–Crippen LogP) is 3.26. The number of rotatable bonds is 1. The van der Waals surface area contributed by atoms with Crippen LogP contribution in [0.15, 0.2) is 30.5 Å².